The van der Waals surface area contributed by atoms with Crippen LogP contribution in [0.5, 0.6) is 11.5 Å². The zero-order chi connectivity index (χ0) is 15.4. The molecule has 0 aliphatic rings. The third-order valence-electron chi connectivity index (χ3n) is 3.17. The van der Waals surface area contributed by atoms with E-state index in [0.717, 1.165) is 5.56 Å². The zero-order valence-corrected chi connectivity index (χ0v) is 12.0. The molecular formula is C14H19N3O4. The lowest BCUT2D eigenvalue weighted by molar-refractivity contribution is 0.116. The molecule has 0 amide bonds. The van der Waals surface area contributed by atoms with Crippen molar-refractivity contribution in [2.24, 2.45) is 5.73 Å². The van der Waals surface area contributed by atoms with Crippen molar-refractivity contribution in [3.8, 4) is 11.5 Å². The smallest absolute Gasteiger partial charge is 0.243 e. The minimum Gasteiger partial charge on any atom is -0.504 e. The molecule has 0 saturated heterocycles. The molecule has 1 heterocycles. The molecule has 2 aromatic rings. The first-order valence-corrected chi connectivity index (χ1v) is 6.61. The Morgan fingerprint density at radius 3 is 2.71 bits per heavy atom. The lowest BCUT2D eigenvalue weighted by Gasteiger charge is -2.08. The molecule has 7 nitrogen and oxygen atoms in total. The number of aromatic hydroxyl groups is 2. The molecule has 0 saturated carbocycles. The standard InChI is InChI=1S/C14H19N3O4/c1-8(20-2)5-13-16-14(21-17-13)10(15)6-9-3-4-11(18)12(19)7-9/h3-4,7-8,10,18-19H,5-6,15H2,1-2H3. The number of phenols is 2. The van der Waals surface area contributed by atoms with Crippen molar-refractivity contribution in [3.63, 3.8) is 0 Å². The van der Waals surface area contributed by atoms with Gasteiger partial charge >= 0.3 is 0 Å². The fourth-order valence-corrected chi connectivity index (χ4v) is 1.88. The van der Waals surface area contributed by atoms with Gasteiger partial charge in [0.25, 0.3) is 0 Å². The molecule has 0 spiro atoms. The zero-order valence-electron chi connectivity index (χ0n) is 12.0. The van der Waals surface area contributed by atoms with Gasteiger partial charge < -0.3 is 25.2 Å². The Bertz CT molecular complexity index is 600. The van der Waals surface area contributed by atoms with Crippen molar-refractivity contribution in [2.75, 3.05) is 7.11 Å². The lowest BCUT2D eigenvalue weighted by atomic mass is 10.1. The van der Waals surface area contributed by atoms with E-state index < -0.39 is 6.04 Å². The molecule has 0 radical (unpaired) electrons. The number of benzene rings is 1. The molecule has 114 valence electrons. The van der Waals surface area contributed by atoms with Crippen molar-refractivity contribution >= 4 is 0 Å². The number of hydrogen-bond acceptors (Lipinski definition) is 7. The maximum atomic E-state index is 9.46. The summed E-state index contributed by atoms with van der Waals surface area (Å²) < 4.78 is 10.3. The van der Waals surface area contributed by atoms with E-state index in [-0.39, 0.29) is 17.6 Å². The van der Waals surface area contributed by atoms with Gasteiger partial charge in [0.05, 0.1) is 12.1 Å². The van der Waals surface area contributed by atoms with Crippen molar-refractivity contribution in [3.05, 3.63) is 35.5 Å². The third-order valence-corrected chi connectivity index (χ3v) is 3.17. The van der Waals surface area contributed by atoms with Crippen molar-refractivity contribution in [1.29, 1.82) is 0 Å². The van der Waals surface area contributed by atoms with Crippen LogP contribution in [0, 0.1) is 0 Å². The van der Waals surface area contributed by atoms with E-state index in [9.17, 15) is 10.2 Å². The first kappa shape index (κ1) is 15.3. The summed E-state index contributed by atoms with van der Waals surface area (Å²) >= 11 is 0. The van der Waals surface area contributed by atoms with Crippen LogP contribution in [0.2, 0.25) is 0 Å². The molecular weight excluding hydrogens is 274 g/mol. The Morgan fingerprint density at radius 1 is 1.29 bits per heavy atom. The molecule has 7 heteroatoms. The average Bonchev–Trinajstić information content (AvgIpc) is 2.91. The third kappa shape index (κ3) is 3.93. The molecule has 0 bridgehead atoms. The minimum atomic E-state index is -0.479. The monoisotopic (exact) mass is 293 g/mol. The van der Waals surface area contributed by atoms with Gasteiger partial charge in [0.1, 0.15) is 0 Å². The second kappa shape index (κ2) is 6.55. The highest BCUT2D eigenvalue weighted by atomic mass is 16.5. The average molecular weight is 293 g/mol. The van der Waals surface area contributed by atoms with Gasteiger partial charge in [0, 0.05) is 13.5 Å². The van der Waals surface area contributed by atoms with E-state index in [4.69, 9.17) is 15.0 Å². The van der Waals surface area contributed by atoms with Crippen LogP contribution >= 0.6 is 0 Å². The van der Waals surface area contributed by atoms with Crippen LogP contribution < -0.4 is 5.73 Å². The molecule has 4 N–H and O–H groups in total. The van der Waals surface area contributed by atoms with Crippen LogP contribution in [0.15, 0.2) is 22.7 Å². The highest BCUT2D eigenvalue weighted by Gasteiger charge is 2.17. The number of aromatic nitrogens is 2. The SMILES string of the molecule is COC(C)Cc1noc(C(N)Cc2ccc(O)c(O)c2)n1. The van der Waals surface area contributed by atoms with E-state index in [1.807, 2.05) is 6.92 Å². The summed E-state index contributed by atoms with van der Waals surface area (Å²) in [5.74, 6) is 0.532. The van der Waals surface area contributed by atoms with Gasteiger partial charge in [-0.25, -0.2) is 0 Å². The second-order valence-electron chi connectivity index (χ2n) is 4.93. The van der Waals surface area contributed by atoms with E-state index in [1.54, 1.807) is 13.2 Å². The number of methoxy groups -OCH3 is 1. The quantitative estimate of drug-likeness (QED) is 0.687. The number of nitrogens with zero attached hydrogens (tertiary/aromatic N) is 2. The molecule has 1 aromatic heterocycles. The van der Waals surface area contributed by atoms with Crippen LogP contribution in [-0.2, 0) is 17.6 Å². The van der Waals surface area contributed by atoms with Crippen LogP contribution in [0.4, 0.5) is 0 Å². The van der Waals surface area contributed by atoms with Crippen LogP contribution in [0.25, 0.3) is 0 Å². The van der Waals surface area contributed by atoms with Gasteiger partial charge in [-0.3, -0.25) is 0 Å². The molecule has 0 aliphatic carbocycles. The van der Waals surface area contributed by atoms with Crippen LogP contribution in [0.3, 0.4) is 0 Å². The molecule has 0 fully saturated rings. The van der Waals surface area contributed by atoms with Gasteiger partial charge in [-0.05, 0) is 31.0 Å². The van der Waals surface area contributed by atoms with Gasteiger partial charge in [-0.2, -0.15) is 4.98 Å². The van der Waals surface area contributed by atoms with Crippen molar-refractivity contribution < 1.29 is 19.5 Å². The molecule has 2 rings (SSSR count). The first-order valence-electron chi connectivity index (χ1n) is 6.61. The number of phenolic OH excluding ortho intramolecular Hbond substituents is 2. The normalized spacial score (nSPS) is 14.0. The lowest BCUT2D eigenvalue weighted by Crippen LogP contribution is -2.14. The minimum absolute atomic E-state index is 0.000667. The van der Waals surface area contributed by atoms with Gasteiger partial charge in [0.2, 0.25) is 5.89 Å². The number of rotatable bonds is 6. The number of ether oxygens (including phenoxy) is 1. The first-order chi connectivity index (χ1) is 9.99. The number of nitrogens with two attached hydrogens (primary N) is 1. The van der Waals surface area contributed by atoms with E-state index in [1.165, 1.54) is 12.1 Å². The summed E-state index contributed by atoms with van der Waals surface area (Å²) in [6, 6.07) is 4.07. The van der Waals surface area contributed by atoms with Gasteiger partial charge in [0.15, 0.2) is 17.3 Å². The summed E-state index contributed by atoms with van der Waals surface area (Å²) in [6.45, 7) is 1.91. The van der Waals surface area contributed by atoms with E-state index in [2.05, 4.69) is 10.1 Å². The fraction of sp³-hybridized carbons (Fsp3) is 0.429. The molecule has 21 heavy (non-hydrogen) atoms. The highest BCUT2D eigenvalue weighted by Crippen LogP contribution is 2.26. The summed E-state index contributed by atoms with van der Waals surface area (Å²) in [7, 11) is 1.62. The number of hydrogen-bond donors (Lipinski definition) is 3. The summed E-state index contributed by atoms with van der Waals surface area (Å²) in [5.41, 5.74) is 6.79. The van der Waals surface area contributed by atoms with Gasteiger partial charge in [-0.15, -0.1) is 0 Å². The Morgan fingerprint density at radius 2 is 2.05 bits per heavy atom. The second-order valence-corrected chi connectivity index (χ2v) is 4.93. The van der Waals surface area contributed by atoms with Crippen molar-refractivity contribution in [2.45, 2.75) is 31.9 Å². The topological polar surface area (TPSA) is 115 Å². The fourth-order valence-electron chi connectivity index (χ4n) is 1.88. The van der Waals surface area contributed by atoms with Crippen molar-refractivity contribution in [1.82, 2.24) is 10.1 Å². The van der Waals surface area contributed by atoms with Gasteiger partial charge in [-0.1, -0.05) is 11.2 Å². The Hall–Kier alpha value is -2.12. The molecule has 2 unspecified atom stereocenters. The van der Waals surface area contributed by atoms with E-state index in [0.29, 0.717) is 24.6 Å². The highest BCUT2D eigenvalue weighted by molar-refractivity contribution is 5.40. The summed E-state index contributed by atoms with van der Waals surface area (Å²) in [5, 5.41) is 22.6. The van der Waals surface area contributed by atoms with Crippen LogP contribution in [-0.4, -0.2) is 33.6 Å². The van der Waals surface area contributed by atoms with E-state index >= 15 is 0 Å². The Labute approximate surface area is 122 Å². The maximum absolute atomic E-state index is 9.46. The predicted molar refractivity (Wildman–Crippen MR) is 74.9 cm³/mol. The molecule has 0 aliphatic heterocycles. The summed E-state index contributed by atoms with van der Waals surface area (Å²) in [4.78, 5) is 4.24. The Kier molecular flexibility index (Phi) is 4.77. The molecule has 1 aromatic carbocycles. The summed E-state index contributed by atoms with van der Waals surface area (Å²) in [6.07, 6.45) is 0.961. The predicted octanol–water partition coefficient (Wildman–Crippen LogP) is 1.30. The largest absolute Gasteiger partial charge is 0.504 e. The maximum Gasteiger partial charge on any atom is 0.243 e. The molecule has 2 atom stereocenters. The van der Waals surface area contributed by atoms with Crippen LogP contribution in [0.1, 0.15) is 30.2 Å². The Balaban J connectivity index is 2.02.